The largest absolute Gasteiger partial charge is 0.502 e. The van der Waals surface area contributed by atoms with Gasteiger partial charge in [0.15, 0.2) is 0 Å². The number of carbonyl (C=O) groups is 1. The van der Waals surface area contributed by atoms with Gasteiger partial charge >= 0.3 is 5.97 Å². The average molecular weight is 344 g/mol. The van der Waals surface area contributed by atoms with E-state index in [0.717, 1.165) is 12.5 Å². The van der Waals surface area contributed by atoms with Gasteiger partial charge in [-0.3, -0.25) is 0 Å². The van der Waals surface area contributed by atoms with E-state index in [1.54, 1.807) is 12.2 Å². The predicted octanol–water partition coefficient (Wildman–Crippen LogP) is 6.43. The van der Waals surface area contributed by atoms with Gasteiger partial charge in [-0.05, 0) is 18.9 Å². The minimum Gasteiger partial charge on any atom is -0.502 e. The molecule has 0 unspecified atom stereocenters. The van der Waals surface area contributed by atoms with Crippen molar-refractivity contribution in [3.63, 3.8) is 0 Å². The van der Waals surface area contributed by atoms with E-state index in [0.29, 0.717) is 0 Å². The molecule has 0 fully saturated rings. The third kappa shape index (κ3) is 17.9. The van der Waals surface area contributed by atoms with E-state index in [-0.39, 0.29) is 0 Å². The summed E-state index contributed by atoms with van der Waals surface area (Å²) in [4.78, 5) is 10.3. The number of unbranched alkanes of at least 4 members (excludes halogenated alkanes) is 7. The quantitative estimate of drug-likeness (QED) is 0.165. The first kappa shape index (κ1) is 22.7. The first-order valence-corrected chi connectivity index (χ1v) is 9.14. The Morgan fingerprint density at radius 2 is 1.16 bits per heavy atom. The molecule has 0 aliphatic rings. The first-order chi connectivity index (χ1) is 12.2. The van der Waals surface area contributed by atoms with Crippen LogP contribution >= 0.6 is 0 Å². The molecule has 0 saturated carbocycles. The molecule has 0 aliphatic carbocycles. The molecule has 0 aromatic rings. The lowest BCUT2D eigenvalue weighted by Gasteiger charge is -1.98. The average Bonchev–Trinajstić information content (AvgIpc) is 2.60. The van der Waals surface area contributed by atoms with Crippen LogP contribution in [0, 0.1) is 0 Å². The van der Waals surface area contributed by atoms with Crippen molar-refractivity contribution < 1.29 is 15.0 Å². The van der Waals surface area contributed by atoms with E-state index in [9.17, 15) is 4.79 Å². The molecule has 3 heteroatoms. The number of hydrogen-bond donors (Lipinski definition) is 2. The van der Waals surface area contributed by atoms with E-state index < -0.39 is 11.7 Å². The van der Waals surface area contributed by atoms with Crippen LogP contribution in [0.1, 0.15) is 58.3 Å². The van der Waals surface area contributed by atoms with Crippen molar-refractivity contribution in [2.45, 2.75) is 58.3 Å². The van der Waals surface area contributed by atoms with Crippen LogP contribution in [0.3, 0.4) is 0 Å². The van der Waals surface area contributed by atoms with Crippen LogP contribution < -0.4 is 0 Å². The molecular formula is C22H32O3. The monoisotopic (exact) mass is 344 g/mol. The van der Waals surface area contributed by atoms with E-state index >= 15 is 0 Å². The van der Waals surface area contributed by atoms with Crippen molar-refractivity contribution >= 4 is 5.97 Å². The van der Waals surface area contributed by atoms with Gasteiger partial charge in [0.1, 0.15) is 0 Å². The van der Waals surface area contributed by atoms with Crippen molar-refractivity contribution in [1.29, 1.82) is 0 Å². The number of aliphatic carboxylic acids is 1. The zero-order valence-corrected chi connectivity index (χ0v) is 15.3. The Morgan fingerprint density at radius 3 is 1.72 bits per heavy atom. The van der Waals surface area contributed by atoms with Crippen molar-refractivity contribution in [3.8, 4) is 0 Å². The number of aliphatic hydroxyl groups is 1. The standard InChI is InChI=1S/C22H32O3/c1-2-3-4-5-6-7-8-9-10-11-12-13-14-15-16-17-18-19-20-21(23)22(24)25/h10-20,23H,2-9H2,1H3,(H,24,25)/b11-10+,13-12+,15-14+,17-16+,19-18+,21-20-. The Bertz CT molecular complexity index is 505. The zero-order chi connectivity index (χ0) is 18.6. The summed E-state index contributed by atoms with van der Waals surface area (Å²) in [5.74, 6) is -2.01. The van der Waals surface area contributed by atoms with E-state index in [1.165, 1.54) is 51.0 Å². The molecule has 0 bridgehead atoms. The van der Waals surface area contributed by atoms with Gasteiger partial charge in [0, 0.05) is 0 Å². The number of rotatable bonds is 14. The SMILES string of the molecule is CCCCCCCCC/C=C/C=C/C=C/C=C/C=C/C=C(\O)C(=O)O. The lowest BCUT2D eigenvalue weighted by atomic mass is 10.1. The molecular weight excluding hydrogens is 312 g/mol. The Hall–Kier alpha value is -2.29. The maximum absolute atomic E-state index is 10.3. The molecule has 3 nitrogen and oxygen atoms in total. The highest BCUT2D eigenvalue weighted by Gasteiger charge is 1.99. The van der Waals surface area contributed by atoms with Gasteiger partial charge in [0.05, 0.1) is 0 Å². The summed E-state index contributed by atoms with van der Waals surface area (Å²) in [7, 11) is 0. The molecule has 0 aromatic carbocycles. The number of allylic oxidation sites excluding steroid dienone is 11. The smallest absolute Gasteiger partial charge is 0.370 e. The fraction of sp³-hybridized carbons (Fsp3) is 0.409. The van der Waals surface area contributed by atoms with Crippen LogP contribution in [0.25, 0.3) is 0 Å². The van der Waals surface area contributed by atoms with E-state index in [2.05, 4.69) is 19.1 Å². The second-order valence-electron chi connectivity index (χ2n) is 5.73. The highest BCUT2D eigenvalue weighted by atomic mass is 16.4. The van der Waals surface area contributed by atoms with Gasteiger partial charge in [-0.2, -0.15) is 0 Å². The first-order valence-electron chi connectivity index (χ1n) is 9.14. The molecule has 0 aromatic heterocycles. The lowest BCUT2D eigenvalue weighted by molar-refractivity contribution is -0.135. The summed E-state index contributed by atoms with van der Waals surface area (Å²) in [6.45, 7) is 2.25. The minimum atomic E-state index is -1.33. The lowest BCUT2D eigenvalue weighted by Crippen LogP contribution is -1.97. The summed E-state index contributed by atoms with van der Waals surface area (Å²) >= 11 is 0. The number of hydrogen-bond acceptors (Lipinski definition) is 2. The molecule has 0 rings (SSSR count). The highest BCUT2D eigenvalue weighted by molar-refractivity contribution is 5.83. The highest BCUT2D eigenvalue weighted by Crippen LogP contribution is 2.08. The van der Waals surface area contributed by atoms with Gasteiger partial charge in [-0.25, -0.2) is 4.79 Å². The molecule has 138 valence electrons. The Morgan fingerprint density at radius 1 is 0.680 bits per heavy atom. The second-order valence-corrected chi connectivity index (χ2v) is 5.73. The molecule has 0 spiro atoms. The topological polar surface area (TPSA) is 57.5 Å². The molecule has 25 heavy (non-hydrogen) atoms. The predicted molar refractivity (Wildman–Crippen MR) is 107 cm³/mol. The summed E-state index contributed by atoms with van der Waals surface area (Å²) in [6, 6.07) is 0. The van der Waals surface area contributed by atoms with Crippen molar-refractivity contribution in [3.05, 3.63) is 72.6 Å². The zero-order valence-electron chi connectivity index (χ0n) is 15.3. The maximum atomic E-state index is 10.3. The Balaban J connectivity index is 3.68. The summed E-state index contributed by atoms with van der Waals surface area (Å²) < 4.78 is 0. The fourth-order valence-corrected chi connectivity index (χ4v) is 2.06. The van der Waals surface area contributed by atoms with Gasteiger partial charge in [-0.1, -0.05) is 106 Å². The van der Waals surface area contributed by atoms with Crippen LogP contribution in [-0.2, 0) is 4.79 Å². The van der Waals surface area contributed by atoms with Crippen LogP contribution in [0.4, 0.5) is 0 Å². The maximum Gasteiger partial charge on any atom is 0.370 e. The summed E-state index contributed by atoms with van der Waals surface area (Å²) in [5.41, 5.74) is 0. The number of carboxylic acids is 1. The normalized spacial score (nSPS) is 13.4. The molecule has 0 aliphatic heterocycles. The van der Waals surface area contributed by atoms with Crippen LogP contribution in [-0.4, -0.2) is 16.2 Å². The molecule has 2 N–H and O–H groups in total. The summed E-state index contributed by atoms with van der Waals surface area (Å²) in [6.07, 6.45) is 30.4. The third-order valence-corrected chi connectivity index (χ3v) is 3.47. The van der Waals surface area contributed by atoms with E-state index in [4.69, 9.17) is 10.2 Å². The van der Waals surface area contributed by atoms with Gasteiger partial charge in [0.25, 0.3) is 0 Å². The van der Waals surface area contributed by atoms with Crippen molar-refractivity contribution in [2.75, 3.05) is 0 Å². The van der Waals surface area contributed by atoms with Crippen molar-refractivity contribution in [1.82, 2.24) is 0 Å². The third-order valence-electron chi connectivity index (χ3n) is 3.47. The van der Waals surface area contributed by atoms with Crippen LogP contribution in [0.15, 0.2) is 72.6 Å². The second kappa shape index (κ2) is 18.1. The van der Waals surface area contributed by atoms with Crippen molar-refractivity contribution in [2.24, 2.45) is 0 Å². The number of aliphatic hydroxyl groups excluding tert-OH is 1. The van der Waals surface area contributed by atoms with Crippen LogP contribution in [0.5, 0.6) is 0 Å². The Kier molecular flexibility index (Phi) is 16.4. The summed E-state index contributed by atoms with van der Waals surface area (Å²) in [5, 5.41) is 17.3. The van der Waals surface area contributed by atoms with Crippen LogP contribution in [0.2, 0.25) is 0 Å². The fourth-order valence-electron chi connectivity index (χ4n) is 2.06. The van der Waals surface area contributed by atoms with Gasteiger partial charge in [0.2, 0.25) is 5.76 Å². The van der Waals surface area contributed by atoms with Gasteiger partial charge < -0.3 is 10.2 Å². The number of carboxylic acid groups (broad SMARTS) is 1. The molecule has 0 saturated heterocycles. The molecule has 0 atom stereocenters. The molecule has 0 amide bonds. The van der Waals surface area contributed by atoms with Gasteiger partial charge in [-0.15, -0.1) is 0 Å². The molecule has 0 radical (unpaired) electrons. The molecule has 0 heterocycles. The van der Waals surface area contributed by atoms with E-state index in [1.807, 2.05) is 30.4 Å². The Labute approximate surface area is 152 Å². The minimum absolute atomic E-state index is 0.675.